The van der Waals surface area contributed by atoms with E-state index in [0.717, 1.165) is 17.5 Å². The van der Waals surface area contributed by atoms with Gasteiger partial charge < -0.3 is 10.2 Å². The third kappa shape index (κ3) is 6.63. The first-order valence-corrected chi connectivity index (χ1v) is 10.6. The number of hydrogen-bond donors (Lipinski definition) is 1. The molecule has 2 aromatic carbocycles. The average Bonchev–Trinajstić information content (AvgIpc) is 2.69. The van der Waals surface area contributed by atoms with Crippen LogP contribution in [0.4, 0.5) is 0 Å². The fourth-order valence-electron chi connectivity index (χ4n) is 2.78. The molecule has 156 valence electrons. The molecule has 2 aromatic rings. The van der Waals surface area contributed by atoms with Crippen LogP contribution < -0.4 is 5.32 Å². The second kappa shape index (κ2) is 10.9. The molecule has 2 amide bonds. The molecule has 2 rings (SSSR count). The van der Waals surface area contributed by atoms with Crippen LogP contribution in [0.3, 0.4) is 0 Å². The van der Waals surface area contributed by atoms with Gasteiger partial charge in [0.25, 0.3) is 0 Å². The Kier molecular flexibility index (Phi) is 8.81. The maximum absolute atomic E-state index is 13.2. The van der Waals surface area contributed by atoms with Gasteiger partial charge in [-0.15, -0.1) is 0 Å². The number of rotatable bonds is 8. The van der Waals surface area contributed by atoms with Gasteiger partial charge in [0.15, 0.2) is 0 Å². The zero-order valence-electron chi connectivity index (χ0n) is 16.7. The largest absolute Gasteiger partial charge is 0.352 e. The average molecular weight is 456 g/mol. The molecule has 2 atom stereocenters. The Labute approximate surface area is 187 Å². The summed E-state index contributed by atoms with van der Waals surface area (Å²) in [6, 6.07) is 11.7. The van der Waals surface area contributed by atoms with Crippen LogP contribution in [0.2, 0.25) is 15.1 Å². The van der Waals surface area contributed by atoms with Crippen LogP contribution in [0, 0.1) is 0 Å². The van der Waals surface area contributed by atoms with Crippen LogP contribution in [-0.2, 0) is 22.6 Å². The van der Waals surface area contributed by atoms with Crippen molar-refractivity contribution < 1.29 is 9.59 Å². The van der Waals surface area contributed by atoms with Gasteiger partial charge in [-0.25, -0.2) is 0 Å². The lowest BCUT2D eigenvalue weighted by Gasteiger charge is -2.30. The minimum atomic E-state index is -0.657. The highest BCUT2D eigenvalue weighted by molar-refractivity contribution is 6.42. The molecule has 4 nitrogen and oxygen atoms in total. The van der Waals surface area contributed by atoms with E-state index >= 15 is 0 Å². The number of carbonyl (C=O) groups excluding carboxylic acids is 2. The van der Waals surface area contributed by atoms with E-state index in [1.165, 1.54) is 0 Å². The zero-order chi connectivity index (χ0) is 21.6. The molecule has 0 aromatic heterocycles. The van der Waals surface area contributed by atoms with E-state index < -0.39 is 6.04 Å². The van der Waals surface area contributed by atoms with Gasteiger partial charge in [0.2, 0.25) is 11.8 Å². The topological polar surface area (TPSA) is 49.4 Å². The number of nitrogens with zero attached hydrogens (tertiary/aromatic N) is 1. The molecule has 1 N–H and O–H groups in total. The monoisotopic (exact) mass is 454 g/mol. The van der Waals surface area contributed by atoms with Crippen LogP contribution >= 0.6 is 34.8 Å². The van der Waals surface area contributed by atoms with Crippen molar-refractivity contribution in [3.05, 3.63) is 68.7 Å². The summed E-state index contributed by atoms with van der Waals surface area (Å²) in [5.74, 6) is -0.399. The summed E-state index contributed by atoms with van der Waals surface area (Å²) in [4.78, 5) is 27.4. The van der Waals surface area contributed by atoms with Gasteiger partial charge in [0.1, 0.15) is 6.04 Å². The summed E-state index contributed by atoms with van der Waals surface area (Å²) in [6.07, 6.45) is 0.905. The van der Waals surface area contributed by atoms with E-state index in [4.69, 9.17) is 34.8 Å². The molecule has 0 radical (unpaired) electrons. The van der Waals surface area contributed by atoms with Crippen LogP contribution in [0.25, 0.3) is 0 Å². The number of benzene rings is 2. The first kappa shape index (κ1) is 23.5. The van der Waals surface area contributed by atoms with Gasteiger partial charge in [-0.1, -0.05) is 66.0 Å². The Morgan fingerprint density at radius 2 is 1.69 bits per heavy atom. The van der Waals surface area contributed by atoms with Crippen molar-refractivity contribution in [1.82, 2.24) is 10.2 Å². The van der Waals surface area contributed by atoms with Crippen LogP contribution in [-0.4, -0.2) is 28.8 Å². The van der Waals surface area contributed by atoms with Crippen LogP contribution in [0.5, 0.6) is 0 Å². The van der Waals surface area contributed by atoms with Gasteiger partial charge in [-0.2, -0.15) is 0 Å². The second-order valence-electron chi connectivity index (χ2n) is 7.03. The van der Waals surface area contributed by atoms with Crippen molar-refractivity contribution in [2.24, 2.45) is 0 Å². The molecule has 0 fully saturated rings. The summed E-state index contributed by atoms with van der Waals surface area (Å²) < 4.78 is 0. The van der Waals surface area contributed by atoms with E-state index in [0.29, 0.717) is 15.1 Å². The normalized spacial score (nSPS) is 12.9. The molecule has 0 spiro atoms. The number of nitrogens with one attached hydrogen (secondary N) is 1. The fraction of sp³-hybridized carbons (Fsp3) is 0.364. The number of halogens is 3. The van der Waals surface area contributed by atoms with E-state index in [9.17, 15) is 9.59 Å². The number of hydrogen-bond acceptors (Lipinski definition) is 2. The summed E-state index contributed by atoms with van der Waals surface area (Å²) in [6.45, 7) is 5.88. The van der Waals surface area contributed by atoms with Crippen molar-refractivity contribution >= 4 is 46.6 Å². The van der Waals surface area contributed by atoms with Crippen molar-refractivity contribution in [3.63, 3.8) is 0 Å². The van der Waals surface area contributed by atoms with Gasteiger partial charge in [-0.3, -0.25) is 9.59 Å². The minimum Gasteiger partial charge on any atom is -0.352 e. The molecular formula is C22H25Cl3N2O2. The predicted octanol–water partition coefficient (Wildman–Crippen LogP) is 5.52. The van der Waals surface area contributed by atoms with Crippen molar-refractivity contribution in [1.29, 1.82) is 0 Å². The first-order chi connectivity index (χ1) is 13.7. The van der Waals surface area contributed by atoms with Gasteiger partial charge >= 0.3 is 0 Å². The Hall–Kier alpha value is -1.75. The molecule has 0 bridgehead atoms. The Morgan fingerprint density at radius 1 is 1.00 bits per heavy atom. The standard InChI is InChI=1S/C22H25Cl3N2O2/c1-4-14(2)26-22(29)15(3)27(13-17-7-5-6-8-18(17)23)21(28)12-16-9-10-19(24)20(25)11-16/h5-11,14-15H,4,12-13H2,1-3H3,(H,26,29)/t14-,15-/m1/s1. The molecule has 29 heavy (non-hydrogen) atoms. The highest BCUT2D eigenvalue weighted by atomic mass is 35.5. The third-order valence-corrected chi connectivity index (χ3v) is 5.91. The summed E-state index contributed by atoms with van der Waals surface area (Å²) in [5, 5.41) is 4.31. The second-order valence-corrected chi connectivity index (χ2v) is 8.25. The van der Waals surface area contributed by atoms with Crippen LogP contribution in [0.15, 0.2) is 42.5 Å². The van der Waals surface area contributed by atoms with E-state index in [1.54, 1.807) is 36.1 Å². The van der Waals surface area contributed by atoms with Crippen molar-refractivity contribution in [2.45, 2.75) is 52.2 Å². The minimum absolute atomic E-state index is 0.0253. The molecule has 0 heterocycles. The van der Waals surface area contributed by atoms with Gasteiger partial charge in [0, 0.05) is 17.6 Å². The summed E-state index contributed by atoms with van der Waals surface area (Å²) >= 11 is 18.3. The molecule has 0 aliphatic heterocycles. The molecule has 0 unspecified atom stereocenters. The Bertz CT molecular complexity index is 873. The Morgan fingerprint density at radius 3 is 2.31 bits per heavy atom. The number of amides is 2. The fourth-order valence-corrected chi connectivity index (χ4v) is 3.30. The maximum atomic E-state index is 13.2. The molecule has 0 saturated heterocycles. The lowest BCUT2D eigenvalue weighted by molar-refractivity contribution is -0.140. The Balaban J connectivity index is 2.27. The van der Waals surface area contributed by atoms with Crippen LogP contribution in [0.1, 0.15) is 38.3 Å². The maximum Gasteiger partial charge on any atom is 0.242 e. The highest BCUT2D eigenvalue weighted by Gasteiger charge is 2.27. The zero-order valence-corrected chi connectivity index (χ0v) is 19.0. The van der Waals surface area contributed by atoms with Gasteiger partial charge in [-0.05, 0) is 49.6 Å². The quantitative estimate of drug-likeness (QED) is 0.569. The van der Waals surface area contributed by atoms with Crippen molar-refractivity contribution in [3.8, 4) is 0 Å². The lowest BCUT2D eigenvalue weighted by atomic mass is 10.1. The highest BCUT2D eigenvalue weighted by Crippen LogP contribution is 2.24. The molecule has 7 heteroatoms. The van der Waals surface area contributed by atoms with E-state index in [2.05, 4.69) is 5.32 Å². The molecule has 0 aliphatic rings. The smallest absolute Gasteiger partial charge is 0.242 e. The summed E-state index contributed by atoms with van der Waals surface area (Å²) in [7, 11) is 0. The third-order valence-electron chi connectivity index (χ3n) is 4.81. The van der Waals surface area contributed by atoms with Gasteiger partial charge in [0.05, 0.1) is 16.5 Å². The summed E-state index contributed by atoms with van der Waals surface area (Å²) in [5.41, 5.74) is 1.50. The number of carbonyl (C=O) groups is 2. The van der Waals surface area contributed by atoms with Crippen molar-refractivity contribution in [2.75, 3.05) is 0 Å². The first-order valence-electron chi connectivity index (χ1n) is 9.50. The molecule has 0 aliphatic carbocycles. The SMILES string of the molecule is CC[C@@H](C)NC(=O)[C@@H](C)N(Cc1ccccc1Cl)C(=O)Cc1ccc(Cl)c(Cl)c1. The lowest BCUT2D eigenvalue weighted by Crippen LogP contribution is -2.49. The molecular weight excluding hydrogens is 431 g/mol. The molecule has 0 saturated carbocycles. The van der Waals surface area contributed by atoms with E-state index in [-0.39, 0.29) is 30.8 Å². The van der Waals surface area contributed by atoms with E-state index in [1.807, 2.05) is 32.0 Å². The predicted molar refractivity (Wildman–Crippen MR) is 120 cm³/mol.